The minimum Gasteiger partial charge on any atom is -0.454 e. The lowest BCUT2D eigenvalue weighted by atomic mass is 10.1. The maximum Gasteiger partial charge on any atom is 0.416 e. The number of alkyl halides is 3. The summed E-state index contributed by atoms with van der Waals surface area (Å²) in [6, 6.07) is 13.9. The number of benzene rings is 3. The molecule has 1 amide bonds. The van der Waals surface area contributed by atoms with Crippen LogP contribution in [-0.4, -0.2) is 27.3 Å². The summed E-state index contributed by atoms with van der Waals surface area (Å²) in [5.41, 5.74) is 2.24. The maximum absolute atomic E-state index is 12.7. The quantitative estimate of drug-likeness (QED) is 0.296. The second kappa shape index (κ2) is 9.66. The average Bonchev–Trinajstić information content (AvgIpc) is 3.27. The van der Waals surface area contributed by atoms with Crippen molar-refractivity contribution < 1.29 is 40.0 Å². The number of rotatable bonds is 7. The molecule has 0 spiro atoms. The van der Waals surface area contributed by atoms with Gasteiger partial charge in [0, 0.05) is 5.56 Å². The average molecular weight is 506 g/mol. The molecule has 0 aromatic heterocycles. The van der Waals surface area contributed by atoms with Crippen LogP contribution in [0.4, 0.5) is 13.2 Å². The standard InChI is InChI=1S/C23H17F3N2O6S/c24-23(25,26)17-6-8-18(9-7-17)35(30,31)34-19-4-2-1-3-16(19)13-27-28-22(29)12-15-5-10-20-21(11-15)33-14-32-20/h1-11,13H,12,14H2,(H,28,29). The first-order valence-electron chi connectivity index (χ1n) is 10.0. The Morgan fingerprint density at radius 1 is 1.03 bits per heavy atom. The monoisotopic (exact) mass is 506 g/mol. The van der Waals surface area contributed by atoms with E-state index in [1.54, 1.807) is 24.3 Å². The van der Waals surface area contributed by atoms with Crippen LogP contribution in [0.25, 0.3) is 0 Å². The van der Waals surface area contributed by atoms with E-state index in [1.807, 2.05) is 0 Å². The second-order valence-electron chi connectivity index (χ2n) is 7.25. The highest BCUT2D eigenvalue weighted by Gasteiger charge is 2.31. The van der Waals surface area contributed by atoms with E-state index in [9.17, 15) is 26.4 Å². The number of para-hydroxylation sites is 1. The SMILES string of the molecule is O=C(Cc1ccc2c(c1)OCO2)NN=Cc1ccccc1OS(=O)(=O)c1ccc(C(F)(F)F)cc1. The first kappa shape index (κ1) is 24.1. The number of nitrogens with zero attached hydrogens (tertiary/aromatic N) is 1. The van der Waals surface area contributed by atoms with Crippen molar-refractivity contribution in [2.24, 2.45) is 5.10 Å². The molecular formula is C23H17F3N2O6S. The zero-order chi connectivity index (χ0) is 25.1. The minimum atomic E-state index is -4.60. The number of amides is 1. The van der Waals surface area contributed by atoms with Crippen LogP contribution in [0.5, 0.6) is 17.2 Å². The first-order chi connectivity index (χ1) is 16.6. The molecule has 0 radical (unpaired) electrons. The number of hydrogen-bond acceptors (Lipinski definition) is 7. The molecule has 182 valence electrons. The Balaban J connectivity index is 1.41. The smallest absolute Gasteiger partial charge is 0.416 e. The molecule has 0 bridgehead atoms. The van der Waals surface area contributed by atoms with Crippen LogP contribution in [0.2, 0.25) is 0 Å². The zero-order valence-corrected chi connectivity index (χ0v) is 18.6. The molecule has 12 heteroatoms. The Kier molecular flexibility index (Phi) is 6.65. The van der Waals surface area contributed by atoms with E-state index in [0.717, 1.165) is 12.1 Å². The molecule has 8 nitrogen and oxygen atoms in total. The van der Waals surface area contributed by atoms with E-state index >= 15 is 0 Å². The van der Waals surface area contributed by atoms with Crippen LogP contribution in [0.3, 0.4) is 0 Å². The van der Waals surface area contributed by atoms with Crippen molar-refractivity contribution in [3.63, 3.8) is 0 Å². The third kappa shape index (κ3) is 5.90. The highest BCUT2D eigenvalue weighted by molar-refractivity contribution is 7.87. The number of fused-ring (bicyclic) bond motifs is 1. The third-order valence-electron chi connectivity index (χ3n) is 4.78. The summed E-state index contributed by atoms with van der Waals surface area (Å²) in [6.45, 7) is 0.116. The molecule has 1 aliphatic rings. The molecule has 0 aliphatic carbocycles. The molecular weight excluding hydrogens is 489 g/mol. The predicted molar refractivity (Wildman–Crippen MR) is 118 cm³/mol. The molecule has 0 unspecified atom stereocenters. The van der Waals surface area contributed by atoms with Gasteiger partial charge in [-0.15, -0.1) is 0 Å². The van der Waals surface area contributed by atoms with Crippen LogP contribution >= 0.6 is 0 Å². The summed E-state index contributed by atoms with van der Waals surface area (Å²) >= 11 is 0. The molecule has 3 aromatic carbocycles. The molecule has 4 rings (SSSR count). The number of carbonyl (C=O) groups is 1. The zero-order valence-electron chi connectivity index (χ0n) is 17.8. The van der Waals surface area contributed by atoms with Gasteiger partial charge in [-0.05, 0) is 54.1 Å². The van der Waals surface area contributed by atoms with E-state index in [0.29, 0.717) is 29.2 Å². The van der Waals surface area contributed by atoms with Crippen LogP contribution in [0.15, 0.2) is 76.7 Å². The summed E-state index contributed by atoms with van der Waals surface area (Å²) in [5, 5.41) is 3.83. The molecule has 0 fully saturated rings. The van der Waals surface area contributed by atoms with E-state index < -0.39 is 32.7 Å². The molecule has 0 atom stereocenters. The summed E-state index contributed by atoms with van der Waals surface area (Å²) in [7, 11) is -4.42. The van der Waals surface area contributed by atoms with Crippen molar-refractivity contribution in [2.45, 2.75) is 17.5 Å². The van der Waals surface area contributed by atoms with Gasteiger partial charge in [0.1, 0.15) is 4.90 Å². The summed E-state index contributed by atoms with van der Waals surface area (Å²) in [6.07, 6.45) is -3.40. The van der Waals surface area contributed by atoms with Crippen LogP contribution in [-0.2, 0) is 27.5 Å². The normalized spacial score (nSPS) is 13.1. The largest absolute Gasteiger partial charge is 0.454 e. The minimum absolute atomic E-state index is 0.00836. The molecule has 1 N–H and O–H groups in total. The predicted octanol–water partition coefficient (Wildman–Crippen LogP) is 3.89. The van der Waals surface area contributed by atoms with Gasteiger partial charge in [-0.3, -0.25) is 4.79 Å². The van der Waals surface area contributed by atoms with Gasteiger partial charge >= 0.3 is 16.3 Å². The van der Waals surface area contributed by atoms with Gasteiger partial charge in [-0.2, -0.15) is 26.7 Å². The van der Waals surface area contributed by atoms with E-state index in [-0.39, 0.29) is 24.5 Å². The summed E-state index contributed by atoms with van der Waals surface area (Å²) in [5.74, 6) is 0.575. The number of halogens is 3. The number of hydrogen-bond donors (Lipinski definition) is 1. The van der Waals surface area contributed by atoms with Gasteiger partial charge < -0.3 is 13.7 Å². The van der Waals surface area contributed by atoms with Crippen molar-refractivity contribution in [1.29, 1.82) is 0 Å². The second-order valence-corrected chi connectivity index (χ2v) is 8.80. The fourth-order valence-electron chi connectivity index (χ4n) is 3.09. The fraction of sp³-hybridized carbons (Fsp3) is 0.130. The topological polar surface area (TPSA) is 103 Å². The van der Waals surface area contributed by atoms with Crippen LogP contribution in [0.1, 0.15) is 16.7 Å². The maximum atomic E-state index is 12.7. The Morgan fingerprint density at radius 3 is 2.49 bits per heavy atom. The Hall–Kier alpha value is -4.06. The Bertz CT molecular complexity index is 1370. The molecule has 3 aromatic rings. The Labute approximate surface area is 198 Å². The molecule has 0 saturated carbocycles. The number of hydrazone groups is 1. The number of carbonyl (C=O) groups excluding carboxylic acids is 1. The fourth-order valence-corrected chi connectivity index (χ4v) is 4.04. The van der Waals surface area contributed by atoms with Gasteiger partial charge in [0.15, 0.2) is 17.2 Å². The first-order valence-corrected chi connectivity index (χ1v) is 11.4. The number of ether oxygens (including phenoxy) is 2. The van der Waals surface area contributed by atoms with Gasteiger partial charge in [-0.1, -0.05) is 18.2 Å². The molecule has 1 aliphatic heterocycles. The lowest BCUT2D eigenvalue weighted by molar-refractivity contribution is -0.137. The summed E-state index contributed by atoms with van der Waals surface area (Å²) in [4.78, 5) is 11.7. The lowest BCUT2D eigenvalue weighted by Gasteiger charge is -2.11. The van der Waals surface area contributed by atoms with E-state index in [4.69, 9.17) is 13.7 Å². The van der Waals surface area contributed by atoms with Gasteiger partial charge in [0.05, 0.1) is 18.2 Å². The van der Waals surface area contributed by atoms with Gasteiger partial charge in [0.25, 0.3) is 0 Å². The van der Waals surface area contributed by atoms with Gasteiger partial charge in [0.2, 0.25) is 12.7 Å². The molecule has 35 heavy (non-hydrogen) atoms. The number of nitrogens with one attached hydrogen (secondary N) is 1. The van der Waals surface area contributed by atoms with Crippen LogP contribution < -0.4 is 19.1 Å². The third-order valence-corrected chi connectivity index (χ3v) is 6.03. The van der Waals surface area contributed by atoms with Crippen molar-refractivity contribution in [3.8, 4) is 17.2 Å². The Morgan fingerprint density at radius 2 is 1.74 bits per heavy atom. The molecule has 0 saturated heterocycles. The molecule has 1 heterocycles. The van der Waals surface area contributed by atoms with Crippen molar-refractivity contribution in [1.82, 2.24) is 5.43 Å². The van der Waals surface area contributed by atoms with E-state index in [2.05, 4.69) is 10.5 Å². The van der Waals surface area contributed by atoms with E-state index in [1.165, 1.54) is 24.4 Å². The van der Waals surface area contributed by atoms with Crippen LogP contribution in [0, 0.1) is 0 Å². The van der Waals surface area contributed by atoms with Crippen molar-refractivity contribution in [3.05, 3.63) is 83.4 Å². The summed E-state index contributed by atoms with van der Waals surface area (Å²) < 4.78 is 78.9. The van der Waals surface area contributed by atoms with Crippen molar-refractivity contribution >= 4 is 22.2 Å². The van der Waals surface area contributed by atoms with Crippen molar-refractivity contribution in [2.75, 3.05) is 6.79 Å². The lowest BCUT2D eigenvalue weighted by Crippen LogP contribution is -2.19. The van der Waals surface area contributed by atoms with Gasteiger partial charge in [-0.25, -0.2) is 5.43 Å². The highest BCUT2D eigenvalue weighted by Crippen LogP contribution is 2.33. The highest BCUT2D eigenvalue weighted by atomic mass is 32.2.